The van der Waals surface area contributed by atoms with E-state index in [9.17, 15) is 0 Å². The van der Waals surface area contributed by atoms with Gasteiger partial charge in [-0.05, 0) is 54.3 Å². The molecule has 0 aliphatic rings. The van der Waals surface area contributed by atoms with Gasteiger partial charge < -0.3 is 9.97 Å². The van der Waals surface area contributed by atoms with Crippen LogP contribution in [0.2, 0.25) is 0 Å². The molecule has 6 heteroatoms. The number of hydrogen-bond acceptors (Lipinski definition) is 5. The van der Waals surface area contributed by atoms with Gasteiger partial charge in [-0.15, -0.1) is 71.8 Å². The maximum Gasteiger partial charge on any atom is 0.165 e. The Labute approximate surface area is 341 Å². The molecule has 55 heavy (non-hydrogen) atoms. The molecule has 0 amide bonds. The van der Waals surface area contributed by atoms with Crippen LogP contribution < -0.4 is 0 Å². The van der Waals surface area contributed by atoms with Crippen molar-refractivity contribution in [2.24, 2.45) is 0 Å². The van der Waals surface area contributed by atoms with Crippen molar-refractivity contribution in [2.75, 3.05) is 0 Å². The van der Waals surface area contributed by atoms with E-state index >= 15 is 0 Å². The Kier molecular flexibility index (Phi) is 16.6. The predicted octanol–water partition coefficient (Wildman–Crippen LogP) is 12.5. The normalized spacial score (nSPS) is 10.6. The second-order valence-electron chi connectivity index (χ2n) is 13.5. The zero-order chi connectivity index (χ0) is 37.2. The van der Waals surface area contributed by atoms with Gasteiger partial charge in [0.25, 0.3) is 0 Å². The van der Waals surface area contributed by atoms with Gasteiger partial charge in [-0.25, -0.2) is 15.0 Å². The van der Waals surface area contributed by atoms with Crippen molar-refractivity contribution in [2.45, 2.75) is 78.1 Å². The molecule has 0 saturated carbocycles. The van der Waals surface area contributed by atoms with Crippen LogP contribution in [0, 0.1) is 12.1 Å². The van der Waals surface area contributed by atoms with E-state index < -0.39 is 0 Å². The monoisotopic (exact) mass is 900 g/mol. The molecule has 281 valence electrons. The van der Waals surface area contributed by atoms with Gasteiger partial charge in [0.15, 0.2) is 17.5 Å². The van der Waals surface area contributed by atoms with Crippen LogP contribution in [0.15, 0.2) is 140 Å². The molecule has 0 fully saturated rings. The molecule has 3 heterocycles. The summed E-state index contributed by atoms with van der Waals surface area (Å²) in [6.07, 6.45) is 16.0. The van der Waals surface area contributed by atoms with E-state index in [0.29, 0.717) is 17.5 Å². The zero-order valence-electron chi connectivity index (χ0n) is 31.9. The van der Waals surface area contributed by atoms with Crippen LogP contribution in [0.25, 0.3) is 56.7 Å². The van der Waals surface area contributed by atoms with Crippen molar-refractivity contribution >= 4 is 0 Å². The van der Waals surface area contributed by atoms with Gasteiger partial charge in [0, 0.05) is 49.2 Å². The molecule has 7 rings (SSSR count). The molecule has 4 aromatic carbocycles. The molecular formula is C49H49IrN5-2. The van der Waals surface area contributed by atoms with Crippen LogP contribution in [0.4, 0.5) is 0 Å². The number of rotatable bonds is 15. The van der Waals surface area contributed by atoms with Crippen LogP contribution in [-0.2, 0) is 32.9 Å². The van der Waals surface area contributed by atoms with Crippen molar-refractivity contribution in [1.29, 1.82) is 0 Å². The first-order valence-corrected chi connectivity index (χ1v) is 19.5. The summed E-state index contributed by atoms with van der Waals surface area (Å²) in [6.45, 7) is 4.50. The third kappa shape index (κ3) is 12.4. The molecule has 1 radical (unpaired) electrons. The van der Waals surface area contributed by atoms with Gasteiger partial charge in [-0.1, -0.05) is 125 Å². The Morgan fingerprint density at radius 2 is 0.909 bits per heavy atom. The van der Waals surface area contributed by atoms with Crippen molar-refractivity contribution in [3.05, 3.63) is 163 Å². The summed E-state index contributed by atoms with van der Waals surface area (Å²) in [5, 5.41) is 0. The first-order chi connectivity index (χ1) is 26.7. The fourth-order valence-corrected chi connectivity index (χ4v) is 6.23. The summed E-state index contributed by atoms with van der Waals surface area (Å²) >= 11 is 0. The number of nitrogens with zero attached hydrogens (tertiary/aromatic N) is 5. The van der Waals surface area contributed by atoms with Gasteiger partial charge in [0.1, 0.15) is 0 Å². The van der Waals surface area contributed by atoms with Crippen molar-refractivity contribution < 1.29 is 20.1 Å². The molecule has 0 aliphatic heterocycles. The van der Waals surface area contributed by atoms with E-state index in [0.717, 1.165) is 52.0 Å². The number of benzene rings is 4. The average molecular weight is 900 g/mol. The van der Waals surface area contributed by atoms with Crippen LogP contribution in [0.3, 0.4) is 0 Å². The maximum absolute atomic E-state index is 4.95. The second kappa shape index (κ2) is 22.3. The largest absolute Gasteiger partial charge is 0.305 e. The van der Waals surface area contributed by atoms with E-state index in [1.807, 2.05) is 85.1 Å². The average Bonchev–Trinajstić information content (AvgIpc) is 3.25. The third-order valence-electron chi connectivity index (χ3n) is 9.35. The second-order valence-corrected chi connectivity index (χ2v) is 13.5. The standard InChI is InChI=1S/C38H41N4.C11H8N.Ir/c1-3-5-7-10-14-29-18-22-32(23-19-29)36-40-37(33-24-20-30(21-25-33)15-11-8-6-4-2)42-38(41-36)34-26-27-35(39-28-34)31-16-12-9-13-17-31;1-2-6-10(7-3-1)11-8-4-5-9-12-11;/h9,12-13,16,18-28H,3-8,10-11,14-15H2,1-2H3;1-6,8-9H;/q2*-1;. The minimum atomic E-state index is 0. The molecule has 0 aliphatic carbocycles. The molecule has 7 aromatic rings. The molecule has 0 N–H and O–H groups in total. The minimum Gasteiger partial charge on any atom is -0.305 e. The van der Waals surface area contributed by atoms with Crippen molar-refractivity contribution in [3.63, 3.8) is 0 Å². The van der Waals surface area contributed by atoms with Gasteiger partial charge in [0.2, 0.25) is 0 Å². The summed E-state index contributed by atoms with van der Waals surface area (Å²) < 4.78 is 0. The topological polar surface area (TPSA) is 64.5 Å². The summed E-state index contributed by atoms with van der Waals surface area (Å²) in [7, 11) is 0. The Hall–Kier alpha value is -5.16. The first-order valence-electron chi connectivity index (χ1n) is 19.5. The number of aromatic nitrogens is 5. The Balaban J connectivity index is 0.000000378. The Bertz CT molecular complexity index is 1990. The van der Waals surface area contributed by atoms with Gasteiger partial charge in [-0.2, -0.15) is 0 Å². The number of aryl methyl sites for hydroxylation is 2. The van der Waals surface area contributed by atoms with Crippen LogP contribution in [-0.4, -0.2) is 24.9 Å². The molecular weight excluding hydrogens is 851 g/mol. The van der Waals surface area contributed by atoms with Gasteiger partial charge in [-0.3, -0.25) is 0 Å². The first kappa shape index (κ1) is 41.0. The molecule has 0 saturated heterocycles. The van der Waals surface area contributed by atoms with Gasteiger partial charge >= 0.3 is 0 Å². The number of hydrogen-bond donors (Lipinski definition) is 0. The molecule has 0 bridgehead atoms. The third-order valence-corrected chi connectivity index (χ3v) is 9.35. The quantitative estimate of drug-likeness (QED) is 0.0758. The number of pyridine rings is 2. The van der Waals surface area contributed by atoms with E-state index in [4.69, 9.17) is 19.9 Å². The SMILES string of the molecule is CCCCCCc1ccc(-c2nc(-c3ccc(CCCCCC)cc3)nc(-c3ccc(-c4[c-]cccc4)nc3)n2)cc1.[Ir].[c-]1ccccc1-c1ccccn1. The molecule has 0 atom stereocenters. The minimum absolute atomic E-state index is 0. The van der Waals surface area contributed by atoms with Crippen LogP contribution in [0.5, 0.6) is 0 Å². The summed E-state index contributed by atoms with van der Waals surface area (Å²) in [4.78, 5) is 23.7. The summed E-state index contributed by atoms with van der Waals surface area (Å²) in [5.74, 6) is 1.98. The fourth-order valence-electron chi connectivity index (χ4n) is 6.23. The predicted molar refractivity (Wildman–Crippen MR) is 222 cm³/mol. The molecule has 3 aromatic heterocycles. The Morgan fingerprint density at radius 3 is 1.33 bits per heavy atom. The van der Waals surface area contributed by atoms with E-state index in [1.54, 1.807) is 6.20 Å². The van der Waals surface area contributed by atoms with Crippen LogP contribution >= 0.6 is 0 Å². The van der Waals surface area contributed by atoms with Crippen LogP contribution in [0.1, 0.15) is 76.3 Å². The smallest absolute Gasteiger partial charge is 0.165 e. The Morgan fingerprint density at radius 1 is 0.436 bits per heavy atom. The van der Waals surface area contributed by atoms with E-state index in [2.05, 4.69) is 79.5 Å². The van der Waals surface area contributed by atoms with Crippen molar-refractivity contribution in [3.8, 4) is 56.7 Å². The van der Waals surface area contributed by atoms with Gasteiger partial charge in [0.05, 0.1) is 0 Å². The summed E-state index contributed by atoms with van der Waals surface area (Å²) in [5.41, 5.74) is 9.41. The summed E-state index contributed by atoms with van der Waals surface area (Å²) in [6, 6.07) is 49.4. The fraction of sp³-hybridized carbons (Fsp3) is 0.245. The molecule has 5 nitrogen and oxygen atoms in total. The molecule has 0 unspecified atom stereocenters. The van der Waals surface area contributed by atoms with E-state index in [1.165, 1.54) is 62.5 Å². The van der Waals surface area contributed by atoms with Crippen molar-refractivity contribution in [1.82, 2.24) is 24.9 Å². The maximum atomic E-state index is 4.95. The number of unbranched alkanes of at least 4 members (excludes halogenated alkanes) is 6. The molecule has 0 spiro atoms. The van der Waals surface area contributed by atoms with E-state index in [-0.39, 0.29) is 20.1 Å². The zero-order valence-corrected chi connectivity index (χ0v) is 34.3.